The molecule has 0 aromatic rings. The van der Waals surface area contributed by atoms with Crippen LogP contribution in [0.3, 0.4) is 0 Å². The Labute approximate surface area is 49.2 Å². The molecule has 0 amide bonds. The second kappa shape index (κ2) is 2.13. The average Bonchev–Trinajstić information content (AvgIpc) is 1.62. The predicted octanol–water partition coefficient (Wildman–Crippen LogP) is -0.888. The van der Waals surface area contributed by atoms with Crippen LogP contribution in [0.4, 0.5) is 0 Å². The van der Waals surface area contributed by atoms with E-state index in [1.165, 1.54) is 7.05 Å². The van der Waals surface area contributed by atoms with Crippen molar-refractivity contribution in [1.29, 1.82) is 0 Å². The van der Waals surface area contributed by atoms with Gasteiger partial charge in [-0.3, -0.25) is 0 Å². The molecule has 0 saturated heterocycles. The summed E-state index contributed by atoms with van der Waals surface area (Å²) in [5.74, 6) is -0.266. The lowest BCUT2D eigenvalue weighted by Gasteiger charge is -2.24. The summed E-state index contributed by atoms with van der Waals surface area (Å²) < 4.78 is 0. The molecular weight excluding hydrogens is 104 g/mol. The number of rotatable bonds is 1. The van der Waals surface area contributed by atoms with Crippen molar-refractivity contribution in [1.82, 2.24) is 0 Å². The van der Waals surface area contributed by atoms with Gasteiger partial charge in [0.1, 0.15) is 0 Å². The molecule has 0 aromatic carbocycles. The first-order valence-electron chi connectivity index (χ1n) is 2.41. The first-order chi connectivity index (χ1) is 3.48. The molecule has 8 heavy (non-hydrogen) atoms. The van der Waals surface area contributed by atoms with Gasteiger partial charge < -0.3 is 15.8 Å². The van der Waals surface area contributed by atoms with Crippen LogP contribution in [0.25, 0.3) is 0 Å². The molecular formula is C5H11N2O-. The number of aliphatic imine (C=N–C) groups is 1. The van der Waals surface area contributed by atoms with Crippen molar-refractivity contribution in [2.45, 2.75) is 19.4 Å². The van der Waals surface area contributed by atoms with Gasteiger partial charge in [-0.1, -0.05) is 0 Å². The van der Waals surface area contributed by atoms with Gasteiger partial charge in [0.15, 0.2) is 0 Å². The van der Waals surface area contributed by atoms with Crippen LogP contribution < -0.4 is 10.8 Å². The molecule has 0 bridgehead atoms. The maximum atomic E-state index is 10.5. The minimum absolute atomic E-state index is 0.266. The third kappa shape index (κ3) is 1.93. The molecule has 0 atom stereocenters. The number of hydrogen-bond acceptors (Lipinski definition) is 3. The Balaban J connectivity index is 4.03. The van der Waals surface area contributed by atoms with E-state index >= 15 is 0 Å². The van der Waals surface area contributed by atoms with Gasteiger partial charge in [-0.25, -0.2) is 0 Å². The Morgan fingerprint density at radius 3 is 2.00 bits per heavy atom. The molecule has 0 unspecified atom stereocenters. The molecule has 2 N–H and O–H groups in total. The molecule has 0 radical (unpaired) electrons. The predicted molar refractivity (Wildman–Crippen MR) is 31.6 cm³/mol. The zero-order chi connectivity index (χ0) is 6.78. The summed E-state index contributed by atoms with van der Waals surface area (Å²) in [6, 6.07) is 0. The monoisotopic (exact) mass is 115 g/mol. The quantitative estimate of drug-likeness (QED) is 0.356. The van der Waals surface area contributed by atoms with Crippen molar-refractivity contribution in [2.75, 3.05) is 7.05 Å². The highest BCUT2D eigenvalue weighted by Crippen LogP contribution is 1.93. The highest BCUT2D eigenvalue weighted by molar-refractivity contribution is 5.80. The Morgan fingerprint density at radius 2 is 2.00 bits per heavy atom. The van der Waals surface area contributed by atoms with Crippen molar-refractivity contribution >= 4 is 5.90 Å². The van der Waals surface area contributed by atoms with E-state index in [2.05, 4.69) is 4.99 Å². The molecule has 0 heterocycles. The van der Waals surface area contributed by atoms with E-state index in [4.69, 9.17) is 5.73 Å². The molecule has 48 valence electrons. The summed E-state index contributed by atoms with van der Waals surface area (Å²) in [4.78, 5) is 3.40. The third-order valence-electron chi connectivity index (χ3n) is 0.754. The summed E-state index contributed by atoms with van der Waals surface area (Å²) in [5, 5.41) is 10.5. The second-order valence-electron chi connectivity index (χ2n) is 2.25. The SMILES string of the molecule is CN=C([O-])C(C)(C)N. The number of hydrogen-bond donors (Lipinski definition) is 1. The summed E-state index contributed by atoms with van der Waals surface area (Å²) in [6.45, 7) is 3.25. The van der Waals surface area contributed by atoms with Gasteiger partial charge in [-0.15, -0.1) is 0 Å². The summed E-state index contributed by atoms with van der Waals surface area (Å²) in [5.41, 5.74) is 4.55. The van der Waals surface area contributed by atoms with E-state index in [0.717, 1.165) is 0 Å². The van der Waals surface area contributed by atoms with Crippen LogP contribution in [0.15, 0.2) is 4.99 Å². The second-order valence-corrected chi connectivity index (χ2v) is 2.25. The fourth-order valence-corrected chi connectivity index (χ4v) is 0.288. The number of nitrogens with two attached hydrogens (primary N) is 1. The maximum absolute atomic E-state index is 10.5. The van der Waals surface area contributed by atoms with Crippen molar-refractivity contribution in [3.8, 4) is 0 Å². The molecule has 0 rings (SSSR count). The molecule has 3 heteroatoms. The van der Waals surface area contributed by atoms with E-state index < -0.39 is 5.54 Å². The highest BCUT2D eigenvalue weighted by atomic mass is 16.3. The standard InChI is InChI=1S/C5H12N2O/c1-5(2,6)4(8)7-3/h6H2,1-3H3,(H,7,8)/p-1. The van der Waals surface area contributed by atoms with Crippen molar-refractivity contribution < 1.29 is 5.11 Å². The van der Waals surface area contributed by atoms with Gasteiger partial charge in [0.2, 0.25) is 0 Å². The van der Waals surface area contributed by atoms with Gasteiger partial charge in [-0.05, 0) is 19.7 Å². The van der Waals surface area contributed by atoms with Crippen LogP contribution in [0.5, 0.6) is 0 Å². The maximum Gasteiger partial charge on any atom is 0.0379 e. The smallest absolute Gasteiger partial charge is 0.0379 e. The lowest BCUT2D eigenvalue weighted by molar-refractivity contribution is -0.224. The van der Waals surface area contributed by atoms with Gasteiger partial charge in [0.05, 0.1) is 0 Å². The van der Waals surface area contributed by atoms with Crippen molar-refractivity contribution in [2.24, 2.45) is 10.7 Å². The van der Waals surface area contributed by atoms with E-state index in [9.17, 15) is 5.11 Å². The average molecular weight is 115 g/mol. The molecule has 0 aromatic heterocycles. The lowest BCUT2D eigenvalue weighted by Crippen LogP contribution is -2.48. The van der Waals surface area contributed by atoms with E-state index in [1.54, 1.807) is 13.8 Å². The fourth-order valence-electron chi connectivity index (χ4n) is 0.288. The summed E-state index contributed by atoms with van der Waals surface area (Å²) in [7, 11) is 1.44. The van der Waals surface area contributed by atoms with Crippen LogP contribution in [0, 0.1) is 0 Å². The summed E-state index contributed by atoms with van der Waals surface area (Å²) >= 11 is 0. The largest absolute Gasteiger partial charge is 0.861 e. The molecule has 3 nitrogen and oxygen atoms in total. The first kappa shape index (κ1) is 7.43. The lowest BCUT2D eigenvalue weighted by atomic mass is 10.1. The molecule has 0 aliphatic carbocycles. The van der Waals surface area contributed by atoms with Crippen LogP contribution >= 0.6 is 0 Å². The molecule has 0 spiro atoms. The topological polar surface area (TPSA) is 61.4 Å². The van der Waals surface area contributed by atoms with E-state index in [-0.39, 0.29) is 5.90 Å². The third-order valence-corrected chi connectivity index (χ3v) is 0.754. The van der Waals surface area contributed by atoms with Crippen molar-refractivity contribution in [3.63, 3.8) is 0 Å². The van der Waals surface area contributed by atoms with Gasteiger partial charge in [0.25, 0.3) is 0 Å². The zero-order valence-electron chi connectivity index (χ0n) is 5.43. The number of nitrogens with zero attached hydrogens (tertiary/aromatic N) is 1. The Bertz CT molecular complexity index is 101. The Hall–Kier alpha value is -0.570. The van der Waals surface area contributed by atoms with E-state index in [0.29, 0.717) is 0 Å². The van der Waals surface area contributed by atoms with Crippen LogP contribution in [-0.4, -0.2) is 18.5 Å². The molecule has 0 saturated carbocycles. The Morgan fingerprint density at radius 1 is 1.62 bits per heavy atom. The highest BCUT2D eigenvalue weighted by Gasteiger charge is 2.08. The van der Waals surface area contributed by atoms with Crippen molar-refractivity contribution in [3.05, 3.63) is 0 Å². The molecule has 0 aliphatic rings. The van der Waals surface area contributed by atoms with E-state index in [1.807, 2.05) is 0 Å². The van der Waals surface area contributed by atoms with Gasteiger partial charge >= 0.3 is 0 Å². The minimum atomic E-state index is -0.797. The van der Waals surface area contributed by atoms with Crippen LogP contribution in [0.1, 0.15) is 13.8 Å². The van der Waals surface area contributed by atoms with Crippen LogP contribution in [-0.2, 0) is 0 Å². The molecule has 0 aliphatic heterocycles. The van der Waals surface area contributed by atoms with Gasteiger partial charge in [0, 0.05) is 12.6 Å². The van der Waals surface area contributed by atoms with Crippen LogP contribution in [0.2, 0.25) is 0 Å². The minimum Gasteiger partial charge on any atom is -0.861 e. The first-order valence-corrected chi connectivity index (χ1v) is 2.41. The Kier molecular flexibility index (Phi) is 1.98. The normalized spacial score (nSPS) is 14.2. The van der Waals surface area contributed by atoms with Gasteiger partial charge in [-0.2, -0.15) is 0 Å². The molecule has 0 fully saturated rings. The zero-order valence-corrected chi connectivity index (χ0v) is 5.43. The summed E-state index contributed by atoms with van der Waals surface area (Å²) in [6.07, 6.45) is 0. The fraction of sp³-hybridized carbons (Fsp3) is 0.800.